The lowest BCUT2D eigenvalue weighted by molar-refractivity contribution is -0.126. The average molecular weight is 527 g/mol. The second-order valence-electron chi connectivity index (χ2n) is 8.25. The highest BCUT2D eigenvalue weighted by molar-refractivity contribution is 8.26. The van der Waals surface area contributed by atoms with Crippen molar-refractivity contribution in [2.45, 2.75) is 39.5 Å². The molecule has 1 N–H and O–H groups in total. The van der Waals surface area contributed by atoms with Crippen molar-refractivity contribution in [2.75, 3.05) is 18.5 Å². The third-order valence-corrected chi connectivity index (χ3v) is 8.22. The number of ether oxygens (including phenoxy) is 1. The van der Waals surface area contributed by atoms with Crippen LogP contribution in [0.15, 0.2) is 46.9 Å². The van der Waals surface area contributed by atoms with Gasteiger partial charge in [0.25, 0.3) is 5.91 Å². The summed E-state index contributed by atoms with van der Waals surface area (Å²) in [6, 6.07) is 9.83. The number of nitrogens with zero attached hydrogens (tertiary/aromatic N) is 1. The maximum Gasteiger partial charge on any atom is 0.341 e. The van der Waals surface area contributed by atoms with Crippen molar-refractivity contribution >= 4 is 68.5 Å². The maximum atomic E-state index is 13.0. The minimum absolute atomic E-state index is 0.214. The van der Waals surface area contributed by atoms with Gasteiger partial charge in [-0.2, -0.15) is 0 Å². The zero-order valence-corrected chi connectivity index (χ0v) is 22.0. The fraction of sp³-hybridized carbons (Fsp3) is 0.308. The fourth-order valence-corrected chi connectivity index (χ4v) is 6.68. The van der Waals surface area contributed by atoms with Crippen LogP contribution in [0, 0.1) is 0 Å². The Labute approximate surface area is 218 Å². The predicted molar refractivity (Wildman–Crippen MR) is 146 cm³/mol. The summed E-state index contributed by atoms with van der Waals surface area (Å²) in [4.78, 5) is 41.4. The number of rotatable bonds is 7. The Morgan fingerprint density at radius 2 is 1.94 bits per heavy atom. The number of anilines is 1. The maximum absolute atomic E-state index is 13.0. The van der Waals surface area contributed by atoms with E-state index >= 15 is 0 Å². The Kier molecular flexibility index (Phi) is 8.20. The molecule has 2 amide bonds. The van der Waals surface area contributed by atoms with Crippen molar-refractivity contribution < 1.29 is 19.1 Å². The molecule has 35 heavy (non-hydrogen) atoms. The fourth-order valence-electron chi connectivity index (χ4n) is 4.08. The number of carbonyl (C=O) groups is 3. The van der Waals surface area contributed by atoms with E-state index in [1.807, 2.05) is 43.3 Å². The minimum atomic E-state index is -0.420. The number of fused-ring (bicyclic) bond motifs is 1. The van der Waals surface area contributed by atoms with Crippen LogP contribution in [0.3, 0.4) is 0 Å². The Balaban J connectivity index is 1.47. The van der Waals surface area contributed by atoms with Gasteiger partial charge in [0.2, 0.25) is 5.91 Å². The summed E-state index contributed by atoms with van der Waals surface area (Å²) in [6.45, 7) is 3.72. The molecule has 1 aliphatic heterocycles. The topological polar surface area (TPSA) is 75.7 Å². The van der Waals surface area contributed by atoms with Gasteiger partial charge < -0.3 is 10.1 Å². The molecule has 0 unspecified atom stereocenters. The number of hydrogen-bond acceptors (Lipinski definition) is 7. The van der Waals surface area contributed by atoms with Crippen molar-refractivity contribution in [2.24, 2.45) is 0 Å². The highest BCUT2D eigenvalue weighted by Gasteiger charge is 2.34. The summed E-state index contributed by atoms with van der Waals surface area (Å²) in [6.07, 6.45) is 7.52. The number of amides is 2. The Hall–Kier alpha value is -2.75. The van der Waals surface area contributed by atoms with Gasteiger partial charge in [0.05, 0.1) is 17.1 Å². The Morgan fingerprint density at radius 1 is 1.20 bits per heavy atom. The molecule has 0 bridgehead atoms. The Morgan fingerprint density at radius 3 is 2.69 bits per heavy atom. The van der Waals surface area contributed by atoms with Gasteiger partial charge in [0.1, 0.15) is 15.9 Å². The van der Waals surface area contributed by atoms with E-state index in [2.05, 4.69) is 5.32 Å². The van der Waals surface area contributed by atoms with Gasteiger partial charge in [-0.1, -0.05) is 60.4 Å². The smallest absolute Gasteiger partial charge is 0.341 e. The van der Waals surface area contributed by atoms with E-state index in [1.165, 1.54) is 28.0 Å². The second-order valence-corrected chi connectivity index (χ2v) is 11.0. The van der Waals surface area contributed by atoms with Gasteiger partial charge >= 0.3 is 5.97 Å². The summed E-state index contributed by atoms with van der Waals surface area (Å²) < 4.78 is 5.58. The van der Waals surface area contributed by atoms with E-state index < -0.39 is 11.9 Å². The van der Waals surface area contributed by atoms with Crippen LogP contribution in [0.1, 0.15) is 53.1 Å². The zero-order chi connectivity index (χ0) is 24.9. The van der Waals surface area contributed by atoms with Gasteiger partial charge in [0.15, 0.2) is 0 Å². The first-order valence-corrected chi connectivity index (χ1v) is 13.5. The number of carbonyl (C=O) groups excluding carboxylic acids is 3. The molecule has 1 fully saturated rings. The SMILES string of the molecule is CCOC(=O)c1c(NC(=O)CN2C(=O)C(=CC(C)=Cc3ccccc3)SC2=S)sc2c1CCCC2. The number of thiocarbonyl (C=S) groups is 1. The summed E-state index contributed by atoms with van der Waals surface area (Å²) in [5, 5.41) is 3.34. The number of benzene rings is 1. The third kappa shape index (κ3) is 5.91. The van der Waals surface area contributed by atoms with Gasteiger partial charge in [-0.3, -0.25) is 14.5 Å². The third-order valence-electron chi connectivity index (χ3n) is 5.63. The lowest BCUT2D eigenvalue weighted by Crippen LogP contribution is -2.36. The first-order valence-electron chi connectivity index (χ1n) is 11.5. The molecule has 6 nitrogen and oxygen atoms in total. The average Bonchev–Trinajstić information content (AvgIpc) is 3.31. The monoisotopic (exact) mass is 526 g/mol. The van der Waals surface area contributed by atoms with Gasteiger partial charge in [-0.25, -0.2) is 4.79 Å². The molecule has 0 atom stereocenters. The standard InChI is InChI=1S/C26H26N2O4S3/c1-3-32-25(31)22-18-11-7-8-12-19(18)34-23(22)27-21(29)15-28-24(30)20(35-26(28)33)14-16(2)13-17-9-5-4-6-10-17/h4-6,9-10,13-14H,3,7-8,11-12,15H2,1-2H3,(H,27,29). The van der Waals surface area contributed by atoms with Crippen molar-refractivity contribution in [3.05, 3.63) is 68.5 Å². The zero-order valence-electron chi connectivity index (χ0n) is 19.6. The second kappa shape index (κ2) is 11.3. The van der Waals surface area contributed by atoms with Crippen molar-refractivity contribution in [3.63, 3.8) is 0 Å². The van der Waals surface area contributed by atoms with Gasteiger partial charge in [-0.05, 0) is 62.3 Å². The number of hydrogen-bond donors (Lipinski definition) is 1. The van der Waals surface area contributed by atoms with E-state index in [0.717, 1.165) is 47.3 Å². The highest BCUT2D eigenvalue weighted by Crippen LogP contribution is 2.39. The normalized spacial score (nSPS) is 17.0. The van der Waals surface area contributed by atoms with Crippen LogP contribution in [0.2, 0.25) is 0 Å². The first-order chi connectivity index (χ1) is 16.9. The molecule has 9 heteroatoms. The molecule has 1 aromatic carbocycles. The number of thioether (sulfide) groups is 1. The number of thiophene rings is 1. The van der Waals surface area contributed by atoms with Crippen molar-refractivity contribution in [3.8, 4) is 0 Å². The molecule has 182 valence electrons. The minimum Gasteiger partial charge on any atom is -0.462 e. The molecular weight excluding hydrogens is 500 g/mol. The lowest BCUT2D eigenvalue weighted by atomic mass is 9.95. The molecule has 4 rings (SSSR count). The molecule has 2 aromatic rings. The molecule has 1 aliphatic carbocycles. The molecular formula is C26H26N2O4S3. The summed E-state index contributed by atoms with van der Waals surface area (Å²) in [7, 11) is 0. The van der Waals surface area contributed by atoms with Crippen LogP contribution in [-0.2, 0) is 27.2 Å². The number of esters is 1. The molecule has 0 radical (unpaired) electrons. The summed E-state index contributed by atoms with van der Waals surface area (Å²) in [5.74, 6) is -1.12. The number of allylic oxidation sites excluding steroid dienone is 2. The Bertz CT molecular complexity index is 1230. The first kappa shape index (κ1) is 25.3. The van der Waals surface area contributed by atoms with Crippen molar-refractivity contribution in [1.82, 2.24) is 4.90 Å². The van der Waals surface area contributed by atoms with E-state index in [4.69, 9.17) is 17.0 Å². The molecule has 1 saturated heterocycles. The predicted octanol–water partition coefficient (Wildman–Crippen LogP) is 5.59. The van der Waals surface area contributed by atoms with Crippen LogP contribution in [0.25, 0.3) is 6.08 Å². The van der Waals surface area contributed by atoms with Crippen LogP contribution >= 0.6 is 35.3 Å². The van der Waals surface area contributed by atoms with Crippen LogP contribution in [-0.4, -0.2) is 40.2 Å². The summed E-state index contributed by atoms with van der Waals surface area (Å²) in [5.41, 5.74) is 3.37. The van der Waals surface area contributed by atoms with Crippen LogP contribution < -0.4 is 5.32 Å². The van der Waals surface area contributed by atoms with E-state index in [-0.39, 0.29) is 19.1 Å². The largest absolute Gasteiger partial charge is 0.462 e. The van der Waals surface area contributed by atoms with Gasteiger partial charge in [0, 0.05) is 4.88 Å². The quantitative estimate of drug-likeness (QED) is 0.288. The molecule has 0 saturated carbocycles. The number of nitrogens with one attached hydrogen (secondary N) is 1. The van der Waals surface area contributed by atoms with E-state index in [0.29, 0.717) is 19.8 Å². The molecule has 0 spiro atoms. The van der Waals surface area contributed by atoms with Crippen LogP contribution in [0.4, 0.5) is 5.00 Å². The lowest BCUT2D eigenvalue weighted by Gasteiger charge is -2.14. The molecule has 2 heterocycles. The van der Waals surface area contributed by atoms with E-state index in [1.54, 1.807) is 13.0 Å². The summed E-state index contributed by atoms with van der Waals surface area (Å²) >= 11 is 7.99. The highest BCUT2D eigenvalue weighted by atomic mass is 32.2. The van der Waals surface area contributed by atoms with Gasteiger partial charge in [-0.15, -0.1) is 11.3 Å². The molecule has 1 aromatic heterocycles. The van der Waals surface area contributed by atoms with Crippen molar-refractivity contribution in [1.29, 1.82) is 0 Å². The number of aryl methyl sites for hydroxylation is 1. The molecule has 2 aliphatic rings. The van der Waals surface area contributed by atoms with Crippen LogP contribution in [0.5, 0.6) is 0 Å². The van der Waals surface area contributed by atoms with E-state index in [9.17, 15) is 14.4 Å².